The number of amides is 1. The smallest absolute Gasteiger partial charge is 0.251 e. The van der Waals surface area contributed by atoms with Crippen molar-refractivity contribution < 1.29 is 23.7 Å². The standard InChI is InChI=1S/C20H21NO5/c1-4-9-24-16-8-6-15(11-18(16)23-3)20(22)21-13(2)14-5-7-17-19(10-14)26-12-25-17/h4-8,10-11,13H,1,9,12H2,2-3H3,(H,21,22)/t13-/m0/s1. The molecule has 1 N–H and O–H groups in total. The Kier molecular flexibility index (Phi) is 5.31. The molecule has 0 bridgehead atoms. The van der Waals surface area contributed by atoms with Gasteiger partial charge in [0.25, 0.3) is 5.91 Å². The molecular weight excluding hydrogens is 334 g/mol. The molecular formula is C20H21NO5. The average Bonchev–Trinajstić information content (AvgIpc) is 3.13. The largest absolute Gasteiger partial charge is 0.493 e. The van der Waals surface area contributed by atoms with Crippen LogP contribution in [0.25, 0.3) is 0 Å². The maximum atomic E-state index is 12.6. The Labute approximate surface area is 152 Å². The van der Waals surface area contributed by atoms with Crippen molar-refractivity contribution in [1.82, 2.24) is 5.32 Å². The van der Waals surface area contributed by atoms with E-state index in [4.69, 9.17) is 18.9 Å². The van der Waals surface area contributed by atoms with Crippen LogP contribution in [0.5, 0.6) is 23.0 Å². The van der Waals surface area contributed by atoms with Gasteiger partial charge in [0.15, 0.2) is 23.0 Å². The summed E-state index contributed by atoms with van der Waals surface area (Å²) < 4.78 is 21.5. The Hall–Kier alpha value is -3.15. The van der Waals surface area contributed by atoms with Crippen LogP contribution in [0.3, 0.4) is 0 Å². The van der Waals surface area contributed by atoms with Gasteiger partial charge in [-0.25, -0.2) is 0 Å². The Morgan fingerprint density at radius 3 is 2.81 bits per heavy atom. The average molecular weight is 355 g/mol. The first-order valence-corrected chi connectivity index (χ1v) is 8.24. The third-order valence-electron chi connectivity index (χ3n) is 4.03. The van der Waals surface area contributed by atoms with E-state index in [1.165, 1.54) is 7.11 Å². The predicted octanol–water partition coefficient (Wildman–Crippen LogP) is 3.48. The molecule has 0 spiro atoms. The molecule has 0 saturated heterocycles. The number of hydrogen-bond acceptors (Lipinski definition) is 5. The third-order valence-corrected chi connectivity index (χ3v) is 4.03. The van der Waals surface area contributed by atoms with Crippen LogP contribution in [0.4, 0.5) is 0 Å². The maximum absolute atomic E-state index is 12.6. The Balaban J connectivity index is 1.71. The van der Waals surface area contributed by atoms with Gasteiger partial charge in [0.05, 0.1) is 13.2 Å². The van der Waals surface area contributed by atoms with E-state index < -0.39 is 0 Å². The molecule has 1 aliphatic heterocycles. The van der Waals surface area contributed by atoms with Gasteiger partial charge in [0.1, 0.15) is 6.61 Å². The van der Waals surface area contributed by atoms with E-state index in [1.807, 2.05) is 25.1 Å². The fourth-order valence-electron chi connectivity index (χ4n) is 2.62. The zero-order valence-electron chi connectivity index (χ0n) is 14.8. The summed E-state index contributed by atoms with van der Waals surface area (Å²) in [6.45, 7) is 6.11. The lowest BCUT2D eigenvalue weighted by Crippen LogP contribution is -2.26. The molecule has 1 heterocycles. The molecule has 2 aromatic rings. The van der Waals surface area contributed by atoms with Gasteiger partial charge in [-0.05, 0) is 42.8 Å². The lowest BCUT2D eigenvalue weighted by atomic mass is 10.1. The van der Waals surface area contributed by atoms with Crippen LogP contribution in [-0.4, -0.2) is 26.4 Å². The fraction of sp³-hybridized carbons (Fsp3) is 0.250. The summed E-state index contributed by atoms with van der Waals surface area (Å²) >= 11 is 0. The molecule has 136 valence electrons. The Morgan fingerprint density at radius 2 is 2.04 bits per heavy atom. The summed E-state index contributed by atoms with van der Waals surface area (Å²) in [4.78, 5) is 12.6. The highest BCUT2D eigenvalue weighted by molar-refractivity contribution is 5.95. The second-order valence-electron chi connectivity index (χ2n) is 5.77. The third kappa shape index (κ3) is 3.74. The van der Waals surface area contributed by atoms with Gasteiger partial charge in [-0.1, -0.05) is 18.7 Å². The summed E-state index contributed by atoms with van der Waals surface area (Å²) in [5.74, 6) is 2.26. The van der Waals surface area contributed by atoms with Crippen molar-refractivity contribution in [2.45, 2.75) is 13.0 Å². The van der Waals surface area contributed by atoms with Crippen LogP contribution in [0.1, 0.15) is 28.9 Å². The van der Waals surface area contributed by atoms with E-state index >= 15 is 0 Å². The van der Waals surface area contributed by atoms with Crippen LogP contribution in [0.2, 0.25) is 0 Å². The van der Waals surface area contributed by atoms with Crippen molar-refractivity contribution in [1.29, 1.82) is 0 Å². The van der Waals surface area contributed by atoms with Crippen molar-refractivity contribution in [3.8, 4) is 23.0 Å². The van der Waals surface area contributed by atoms with Crippen LogP contribution < -0.4 is 24.3 Å². The normalized spacial score (nSPS) is 13.0. The molecule has 0 saturated carbocycles. The van der Waals surface area contributed by atoms with Gasteiger partial charge in [0.2, 0.25) is 6.79 Å². The van der Waals surface area contributed by atoms with Crippen LogP contribution in [0.15, 0.2) is 49.1 Å². The molecule has 0 unspecified atom stereocenters. The van der Waals surface area contributed by atoms with E-state index in [0.717, 1.165) is 5.56 Å². The summed E-state index contributed by atoms with van der Waals surface area (Å²) in [7, 11) is 1.53. The van der Waals surface area contributed by atoms with Crippen LogP contribution >= 0.6 is 0 Å². The molecule has 0 aliphatic carbocycles. The summed E-state index contributed by atoms with van der Waals surface area (Å²) in [6.07, 6.45) is 1.65. The minimum atomic E-state index is -0.205. The number of benzene rings is 2. The minimum Gasteiger partial charge on any atom is -0.493 e. The van der Waals surface area contributed by atoms with E-state index in [-0.39, 0.29) is 18.7 Å². The summed E-state index contributed by atoms with van der Waals surface area (Å²) in [6, 6.07) is 10.5. The number of carbonyl (C=O) groups is 1. The SMILES string of the molecule is C=CCOc1ccc(C(=O)N[C@@H](C)c2ccc3c(c2)OCO3)cc1OC. The van der Waals surface area contributed by atoms with Gasteiger partial charge in [0, 0.05) is 5.56 Å². The van der Waals surface area contributed by atoms with E-state index in [0.29, 0.717) is 35.2 Å². The maximum Gasteiger partial charge on any atom is 0.251 e. The second-order valence-corrected chi connectivity index (χ2v) is 5.77. The van der Waals surface area contributed by atoms with Gasteiger partial charge >= 0.3 is 0 Å². The number of carbonyl (C=O) groups excluding carboxylic acids is 1. The first kappa shape index (κ1) is 17.7. The number of fused-ring (bicyclic) bond motifs is 1. The Morgan fingerprint density at radius 1 is 1.23 bits per heavy atom. The highest BCUT2D eigenvalue weighted by Crippen LogP contribution is 2.34. The van der Waals surface area contributed by atoms with Gasteiger partial charge in [-0.15, -0.1) is 0 Å². The van der Waals surface area contributed by atoms with Crippen molar-refractivity contribution in [2.75, 3.05) is 20.5 Å². The van der Waals surface area contributed by atoms with E-state index in [1.54, 1.807) is 24.3 Å². The Bertz CT molecular complexity index is 818. The minimum absolute atomic E-state index is 0.195. The highest BCUT2D eigenvalue weighted by Gasteiger charge is 2.18. The van der Waals surface area contributed by atoms with Crippen molar-refractivity contribution in [3.63, 3.8) is 0 Å². The van der Waals surface area contributed by atoms with Crippen molar-refractivity contribution >= 4 is 5.91 Å². The van der Waals surface area contributed by atoms with Crippen molar-refractivity contribution in [2.24, 2.45) is 0 Å². The zero-order valence-corrected chi connectivity index (χ0v) is 14.8. The van der Waals surface area contributed by atoms with Crippen molar-refractivity contribution in [3.05, 3.63) is 60.2 Å². The second kappa shape index (κ2) is 7.82. The first-order chi connectivity index (χ1) is 12.6. The van der Waals surface area contributed by atoms with Crippen LogP contribution in [0, 0.1) is 0 Å². The number of hydrogen-bond donors (Lipinski definition) is 1. The molecule has 0 radical (unpaired) electrons. The van der Waals surface area contributed by atoms with Gasteiger partial charge in [-0.3, -0.25) is 4.79 Å². The molecule has 3 rings (SSSR count). The van der Waals surface area contributed by atoms with Gasteiger partial charge in [-0.2, -0.15) is 0 Å². The molecule has 1 amide bonds. The predicted molar refractivity (Wildman–Crippen MR) is 97.1 cm³/mol. The number of rotatable bonds is 7. The summed E-state index contributed by atoms with van der Waals surface area (Å²) in [5.41, 5.74) is 1.42. The lowest BCUT2D eigenvalue weighted by molar-refractivity contribution is 0.0939. The monoisotopic (exact) mass is 355 g/mol. The molecule has 0 aromatic heterocycles. The molecule has 26 heavy (non-hydrogen) atoms. The molecule has 1 atom stereocenters. The van der Waals surface area contributed by atoms with E-state index in [9.17, 15) is 4.79 Å². The molecule has 6 heteroatoms. The quantitative estimate of drug-likeness (QED) is 0.770. The number of ether oxygens (including phenoxy) is 4. The topological polar surface area (TPSA) is 66.0 Å². The van der Waals surface area contributed by atoms with Gasteiger partial charge < -0.3 is 24.3 Å². The van der Waals surface area contributed by atoms with Crippen LogP contribution in [-0.2, 0) is 0 Å². The summed E-state index contributed by atoms with van der Waals surface area (Å²) in [5, 5.41) is 2.97. The highest BCUT2D eigenvalue weighted by atomic mass is 16.7. The lowest BCUT2D eigenvalue weighted by Gasteiger charge is -2.16. The number of nitrogens with one attached hydrogen (secondary N) is 1. The molecule has 0 fully saturated rings. The molecule has 2 aromatic carbocycles. The molecule has 1 aliphatic rings. The van der Waals surface area contributed by atoms with E-state index in [2.05, 4.69) is 11.9 Å². The number of methoxy groups -OCH3 is 1. The first-order valence-electron chi connectivity index (χ1n) is 8.24. The zero-order chi connectivity index (χ0) is 18.5. The molecule has 6 nitrogen and oxygen atoms in total. The fourth-order valence-corrected chi connectivity index (χ4v) is 2.62.